The van der Waals surface area contributed by atoms with Crippen LogP contribution in [0, 0.1) is 0 Å². The van der Waals surface area contributed by atoms with E-state index >= 15 is 0 Å². The Bertz CT molecular complexity index is 280. The maximum Gasteiger partial charge on any atom is 0.328 e. The minimum Gasteiger partial charge on any atom is -0.478 e. The molecule has 0 aromatic carbocycles. The predicted molar refractivity (Wildman–Crippen MR) is 59.9 cm³/mol. The molecule has 0 bridgehead atoms. The lowest BCUT2D eigenvalue weighted by molar-refractivity contribution is -0.132. The van der Waals surface area contributed by atoms with Gasteiger partial charge in [0.25, 0.3) is 0 Å². The van der Waals surface area contributed by atoms with Crippen molar-refractivity contribution in [2.75, 3.05) is 13.1 Å². The number of hydrogen-bond donors (Lipinski definition) is 1. The van der Waals surface area contributed by atoms with E-state index in [0.29, 0.717) is 23.6 Å². The summed E-state index contributed by atoms with van der Waals surface area (Å²) in [7, 11) is 0. The Morgan fingerprint density at radius 3 is 2.27 bits per heavy atom. The van der Waals surface area contributed by atoms with Crippen molar-refractivity contribution in [3.63, 3.8) is 0 Å². The lowest BCUT2D eigenvalue weighted by Gasteiger charge is -2.33. The van der Waals surface area contributed by atoms with Crippen molar-refractivity contribution in [1.82, 2.24) is 4.90 Å². The first-order valence-electron chi connectivity index (χ1n) is 4.84. The molecule has 2 unspecified atom stereocenters. The zero-order chi connectivity index (χ0) is 11.4. The Kier molecular flexibility index (Phi) is 4.20. The third-order valence-electron chi connectivity index (χ3n) is 2.10. The zero-order valence-electron chi connectivity index (χ0n) is 8.84. The van der Waals surface area contributed by atoms with Crippen LogP contribution < -0.4 is 0 Å². The number of carbonyl (C=O) groups is 2. The Morgan fingerprint density at radius 2 is 1.80 bits per heavy atom. The van der Waals surface area contributed by atoms with Crippen LogP contribution in [0.25, 0.3) is 0 Å². The molecule has 15 heavy (non-hydrogen) atoms. The number of thioether (sulfide) groups is 1. The number of nitrogens with zero attached hydrogens (tertiary/aromatic N) is 1. The number of amides is 1. The van der Waals surface area contributed by atoms with E-state index in [0.717, 1.165) is 12.2 Å². The molecule has 5 heteroatoms. The van der Waals surface area contributed by atoms with E-state index in [9.17, 15) is 9.59 Å². The first kappa shape index (κ1) is 12.1. The summed E-state index contributed by atoms with van der Waals surface area (Å²) in [6, 6.07) is 0. The van der Waals surface area contributed by atoms with Crippen LogP contribution in [0.2, 0.25) is 0 Å². The standard InChI is InChI=1S/C10H15NO3S/c1-7-5-11(6-8(2)15-7)9(12)3-4-10(13)14/h3-4,7-8H,5-6H2,1-2H3,(H,13,14). The third-order valence-corrected chi connectivity index (χ3v) is 3.33. The Hall–Kier alpha value is -0.970. The van der Waals surface area contributed by atoms with Crippen molar-refractivity contribution in [3.05, 3.63) is 12.2 Å². The first-order valence-corrected chi connectivity index (χ1v) is 5.78. The highest BCUT2D eigenvalue weighted by Gasteiger charge is 2.24. The molecule has 0 saturated carbocycles. The molecule has 0 aliphatic carbocycles. The fourth-order valence-electron chi connectivity index (χ4n) is 1.61. The minimum absolute atomic E-state index is 0.212. The van der Waals surface area contributed by atoms with Crippen LogP contribution in [0.1, 0.15) is 13.8 Å². The molecule has 1 aliphatic rings. The normalized spacial score (nSPS) is 26.9. The fraction of sp³-hybridized carbons (Fsp3) is 0.600. The van der Waals surface area contributed by atoms with Crippen molar-refractivity contribution >= 4 is 23.6 Å². The Morgan fingerprint density at radius 1 is 1.27 bits per heavy atom. The highest BCUT2D eigenvalue weighted by Crippen LogP contribution is 2.24. The highest BCUT2D eigenvalue weighted by atomic mass is 32.2. The van der Waals surface area contributed by atoms with Crippen molar-refractivity contribution in [3.8, 4) is 0 Å². The number of hydrogen-bond acceptors (Lipinski definition) is 3. The van der Waals surface area contributed by atoms with Crippen LogP contribution >= 0.6 is 11.8 Å². The molecule has 0 spiro atoms. The number of carboxylic acid groups (broad SMARTS) is 1. The second kappa shape index (κ2) is 5.21. The van der Waals surface area contributed by atoms with Crippen LogP contribution in [0.5, 0.6) is 0 Å². The molecule has 0 radical (unpaired) electrons. The molecule has 1 N–H and O–H groups in total. The van der Waals surface area contributed by atoms with Gasteiger partial charge in [-0.25, -0.2) is 4.79 Å². The molecular weight excluding hydrogens is 214 g/mol. The van der Waals surface area contributed by atoms with Crippen LogP contribution in [-0.2, 0) is 9.59 Å². The van der Waals surface area contributed by atoms with Crippen molar-refractivity contribution in [1.29, 1.82) is 0 Å². The molecule has 0 aromatic rings. The average molecular weight is 229 g/mol. The van der Waals surface area contributed by atoms with Gasteiger partial charge in [0.05, 0.1) is 0 Å². The fourth-order valence-corrected chi connectivity index (χ4v) is 2.93. The molecule has 1 saturated heterocycles. The molecule has 1 fully saturated rings. The van der Waals surface area contributed by atoms with E-state index in [-0.39, 0.29) is 5.91 Å². The summed E-state index contributed by atoms with van der Waals surface area (Å²) in [5, 5.41) is 9.23. The molecule has 0 aromatic heterocycles. The molecule has 2 atom stereocenters. The van der Waals surface area contributed by atoms with Crippen LogP contribution in [0.3, 0.4) is 0 Å². The quantitative estimate of drug-likeness (QED) is 0.717. The lowest BCUT2D eigenvalue weighted by Crippen LogP contribution is -2.43. The van der Waals surface area contributed by atoms with Gasteiger partial charge in [-0.2, -0.15) is 11.8 Å². The lowest BCUT2D eigenvalue weighted by atomic mass is 10.3. The SMILES string of the molecule is CC1CN(C(=O)C=CC(=O)O)CC(C)S1. The average Bonchev–Trinajstić information content (AvgIpc) is 2.12. The summed E-state index contributed by atoms with van der Waals surface area (Å²) in [5.41, 5.74) is 0. The number of carbonyl (C=O) groups excluding carboxylic acids is 1. The van der Waals surface area contributed by atoms with Gasteiger partial charge in [-0.15, -0.1) is 0 Å². The monoisotopic (exact) mass is 229 g/mol. The van der Waals surface area contributed by atoms with E-state index in [1.807, 2.05) is 11.8 Å². The second-order valence-electron chi connectivity index (χ2n) is 3.67. The van der Waals surface area contributed by atoms with Crippen LogP contribution in [-0.4, -0.2) is 45.5 Å². The van der Waals surface area contributed by atoms with Crippen molar-refractivity contribution in [2.24, 2.45) is 0 Å². The van der Waals surface area contributed by atoms with Gasteiger partial charge in [-0.3, -0.25) is 4.79 Å². The molecule has 1 aliphatic heterocycles. The van der Waals surface area contributed by atoms with Gasteiger partial charge in [0.15, 0.2) is 0 Å². The van der Waals surface area contributed by atoms with Gasteiger partial charge in [0, 0.05) is 35.7 Å². The van der Waals surface area contributed by atoms with Gasteiger partial charge < -0.3 is 10.0 Å². The maximum atomic E-state index is 11.6. The molecule has 4 nitrogen and oxygen atoms in total. The van der Waals surface area contributed by atoms with Crippen LogP contribution in [0.4, 0.5) is 0 Å². The largest absolute Gasteiger partial charge is 0.478 e. The number of carboxylic acids is 1. The molecule has 1 rings (SSSR count). The first-order chi connectivity index (χ1) is 6.99. The second-order valence-corrected chi connectivity index (χ2v) is 5.55. The van der Waals surface area contributed by atoms with Crippen molar-refractivity contribution in [2.45, 2.75) is 24.3 Å². The third kappa shape index (κ3) is 3.95. The topological polar surface area (TPSA) is 57.6 Å². The smallest absolute Gasteiger partial charge is 0.328 e. The maximum absolute atomic E-state index is 11.6. The summed E-state index contributed by atoms with van der Waals surface area (Å²) in [6.45, 7) is 5.53. The Balaban J connectivity index is 2.55. The summed E-state index contributed by atoms with van der Waals surface area (Å²) < 4.78 is 0. The predicted octanol–water partition coefficient (Wildman–Crippen LogP) is 0.980. The van der Waals surface area contributed by atoms with E-state index in [2.05, 4.69) is 13.8 Å². The molecule has 1 amide bonds. The Labute approximate surface area is 93.3 Å². The van der Waals surface area contributed by atoms with E-state index in [1.54, 1.807) is 4.90 Å². The number of rotatable bonds is 2. The van der Waals surface area contributed by atoms with Gasteiger partial charge >= 0.3 is 5.97 Å². The number of aliphatic carboxylic acids is 1. The molecule has 84 valence electrons. The van der Waals surface area contributed by atoms with Gasteiger partial charge in [0.2, 0.25) is 5.91 Å². The minimum atomic E-state index is -1.09. The zero-order valence-corrected chi connectivity index (χ0v) is 9.66. The highest BCUT2D eigenvalue weighted by molar-refractivity contribution is 8.00. The molecule has 1 heterocycles. The van der Waals surface area contributed by atoms with Gasteiger partial charge in [-0.05, 0) is 0 Å². The van der Waals surface area contributed by atoms with Crippen LogP contribution in [0.15, 0.2) is 12.2 Å². The van der Waals surface area contributed by atoms with Crippen molar-refractivity contribution < 1.29 is 14.7 Å². The van der Waals surface area contributed by atoms with Gasteiger partial charge in [-0.1, -0.05) is 13.8 Å². The van der Waals surface area contributed by atoms with E-state index < -0.39 is 5.97 Å². The summed E-state index contributed by atoms with van der Waals surface area (Å²) in [5.74, 6) is -1.30. The van der Waals surface area contributed by atoms with E-state index in [1.165, 1.54) is 0 Å². The van der Waals surface area contributed by atoms with Gasteiger partial charge in [0.1, 0.15) is 0 Å². The summed E-state index contributed by atoms with van der Waals surface area (Å²) in [6.07, 6.45) is 2.01. The van der Waals surface area contributed by atoms with E-state index in [4.69, 9.17) is 5.11 Å². The summed E-state index contributed by atoms with van der Waals surface area (Å²) >= 11 is 1.85. The summed E-state index contributed by atoms with van der Waals surface area (Å²) in [4.78, 5) is 23.5. The molecular formula is C10H15NO3S.